The fraction of sp³-hybridized carbons (Fsp3) is 0.444. The van der Waals surface area contributed by atoms with Crippen molar-refractivity contribution in [2.75, 3.05) is 0 Å². The Morgan fingerprint density at radius 1 is 1.00 bits per heavy atom. The number of carboxylic acids is 1. The number of amides is 2. The first-order valence-electron chi connectivity index (χ1n) is 11.9. The van der Waals surface area contributed by atoms with Gasteiger partial charge in [-0.25, -0.2) is 14.5 Å². The van der Waals surface area contributed by atoms with E-state index in [0.29, 0.717) is 16.9 Å². The van der Waals surface area contributed by atoms with Gasteiger partial charge in [-0.05, 0) is 82.9 Å². The van der Waals surface area contributed by atoms with Crippen LogP contribution in [-0.2, 0) is 26.9 Å². The van der Waals surface area contributed by atoms with Gasteiger partial charge in [0.15, 0.2) is 0 Å². The SMILES string of the molecule is CCC(=O)N(C(=O)OC(C)(C)C)C(C)(CCCc1ccc(Oc2cccc(C(F)(F)F)c2)cc1Cl)C(=O)O. The molecule has 0 saturated carbocycles. The van der Waals surface area contributed by atoms with Crippen LogP contribution in [0, 0.1) is 0 Å². The minimum Gasteiger partial charge on any atom is -0.479 e. The fourth-order valence-corrected chi connectivity index (χ4v) is 3.91. The van der Waals surface area contributed by atoms with Gasteiger partial charge in [0.05, 0.1) is 5.56 Å². The molecule has 11 heteroatoms. The summed E-state index contributed by atoms with van der Waals surface area (Å²) in [5.74, 6) is -1.83. The van der Waals surface area contributed by atoms with E-state index in [1.54, 1.807) is 26.8 Å². The third kappa shape index (κ3) is 8.11. The van der Waals surface area contributed by atoms with Crippen molar-refractivity contribution in [1.82, 2.24) is 4.90 Å². The molecular formula is C27H31ClF3NO6. The summed E-state index contributed by atoms with van der Waals surface area (Å²) in [6.45, 7) is 7.64. The van der Waals surface area contributed by atoms with Gasteiger partial charge >= 0.3 is 18.2 Å². The lowest BCUT2D eigenvalue weighted by atomic mass is 9.91. The minimum atomic E-state index is -4.51. The van der Waals surface area contributed by atoms with E-state index in [0.717, 1.165) is 12.1 Å². The number of carbonyl (C=O) groups is 3. The standard InChI is InChI=1S/C27H31ClF3NO6/c1-6-22(33)32(24(36)38-25(2,3)4)26(5,23(34)35)14-8-9-17-12-13-20(16-21(17)28)37-19-11-7-10-18(15-19)27(29,30)31/h7,10-13,15-16H,6,8-9,14H2,1-5H3,(H,34,35). The number of carboxylic acid groups (broad SMARTS) is 1. The highest BCUT2D eigenvalue weighted by Crippen LogP contribution is 2.34. The average molecular weight is 558 g/mol. The molecule has 2 aromatic carbocycles. The van der Waals surface area contributed by atoms with Crippen molar-refractivity contribution in [2.45, 2.75) is 77.6 Å². The largest absolute Gasteiger partial charge is 0.479 e. The summed E-state index contributed by atoms with van der Waals surface area (Å²) in [6.07, 6.45) is -5.18. The molecule has 2 rings (SSSR count). The summed E-state index contributed by atoms with van der Waals surface area (Å²) < 4.78 is 49.7. The number of aryl methyl sites for hydroxylation is 1. The maximum Gasteiger partial charge on any atom is 0.418 e. The van der Waals surface area contributed by atoms with Crippen LogP contribution in [-0.4, -0.2) is 39.1 Å². The molecule has 0 radical (unpaired) electrons. The van der Waals surface area contributed by atoms with E-state index in [-0.39, 0.29) is 35.8 Å². The molecule has 0 saturated heterocycles. The molecule has 0 aliphatic heterocycles. The maximum absolute atomic E-state index is 12.9. The Morgan fingerprint density at radius 2 is 1.63 bits per heavy atom. The summed E-state index contributed by atoms with van der Waals surface area (Å²) >= 11 is 6.36. The topological polar surface area (TPSA) is 93.1 Å². The molecule has 0 aliphatic rings. The van der Waals surface area contributed by atoms with E-state index in [1.807, 2.05) is 0 Å². The van der Waals surface area contributed by atoms with Gasteiger partial charge in [0.25, 0.3) is 0 Å². The van der Waals surface area contributed by atoms with Gasteiger partial charge in [-0.15, -0.1) is 0 Å². The lowest BCUT2D eigenvalue weighted by molar-refractivity contribution is -0.157. The second-order valence-electron chi connectivity index (χ2n) is 9.88. The number of benzene rings is 2. The van der Waals surface area contributed by atoms with Crippen LogP contribution in [0.5, 0.6) is 11.5 Å². The number of rotatable bonds is 9. The predicted octanol–water partition coefficient (Wildman–Crippen LogP) is 7.49. The number of ether oxygens (including phenoxy) is 2. The number of hydrogen-bond acceptors (Lipinski definition) is 5. The Hall–Kier alpha value is -3.27. The van der Waals surface area contributed by atoms with Crippen LogP contribution in [0.25, 0.3) is 0 Å². The first kappa shape index (κ1) is 31.0. The molecule has 38 heavy (non-hydrogen) atoms. The summed E-state index contributed by atoms with van der Waals surface area (Å²) in [7, 11) is 0. The van der Waals surface area contributed by atoms with Gasteiger partial charge in [-0.1, -0.05) is 30.7 Å². The number of imide groups is 1. The van der Waals surface area contributed by atoms with E-state index in [2.05, 4.69) is 0 Å². The number of alkyl halides is 3. The third-order valence-corrected chi connectivity index (χ3v) is 5.97. The van der Waals surface area contributed by atoms with Gasteiger partial charge in [0.2, 0.25) is 5.91 Å². The molecule has 0 fully saturated rings. The van der Waals surface area contributed by atoms with E-state index < -0.39 is 40.8 Å². The zero-order chi connectivity index (χ0) is 28.9. The molecule has 1 N–H and O–H groups in total. The van der Waals surface area contributed by atoms with Crippen LogP contribution in [0.3, 0.4) is 0 Å². The molecule has 0 heterocycles. The molecule has 0 bridgehead atoms. The van der Waals surface area contributed by atoms with Crippen LogP contribution < -0.4 is 4.74 Å². The van der Waals surface area contributed by atoms with E-state index in [9.17, 15) is 32.7 Å². The molecule has 7 nitrogen and oxygen atoms in total. The first-order valence-corrected chi connectivity index (χ1v) is 12.3. The van der Waals surface area contributed by atoms with Crippen LogP contribution >= 0.6 is 11.6 Å². The Labute approximate surface area is 224 Å². The van der Waals surface area contributed by atoms with Crippen molar-refractivity contribution < 1.29 is 42.1 Å². The van der Waals surface area contributed by atoms with Crippen molar-refractivity contribution in [3.63, 3.8) is 0 Å². The monoisotopic (exact) mass is 557 g/mol. The molecule has 2 amide bonds. The van der Waals surface area contributed by atoms with Crippen molar-refractivity contribution in [3.05, 3.63) is 58.6 Å². The fourth-order valence-electron chi connectivity index (χ4n) is 3.65. The van der Waals surface area contributed by atoms with E-state index >= 15 is 0 Å². The lowest BCUT2D eigenvalue weighted by Gasteiger charge is -2.37. The van der Waals surface area contributed by atoms with Crippen molar-refractivity contribution in [1.29, 1.82) is 0 Å². The van der Waals surface area contributed by atoms with E-state index in [4.69, 9.17) is 21.1 Å². The zero-order valence-electron chi connectivity index (χ0n) is 21.8. The van der Waals surface area contributed by atoms with Crippen molar-refractivity contribution in [3.8, 4) is 11.5 Å². The highest BCUT2D eigenvalue weighted by molar-refractivity contribution is 6.31. The van der Waals surface area contributed by atoms with Crippen LogP contribution in [0.1, 0.15) is 65.0 Å². The second-order valence-corrected chi connectivity index (χ2v) is 10.3. The predicted molar refractivity (Wildman–Crippen MR) is 135 cm³/mol. The highest BCUT2D eigenvalue weighted by Gasteiger charge is 2.47. The van der Waals surface area contributed by atoms with Gasteiger partial charge in [-0.2, -0.15) is 13.2 Å². The molecule has 1 unspecified atom stereocenters. The Kier molecular flexibility index (Phi) is 9.83. The third-order valence-electron chi connectivity index (χ3n) is 5.61. The van der Waals surface area contributed by atoms with Gasteiger partial charge < -0.3 is 14.6 Å². The molecule has 0 aliphatic carbocycles. The average Bonchev–Trinajstić information content (AvgIpc) is 2.78. The lowest BCUT2D eigenvalue weighted by Crippen LogP contribution is -2.58. The molecule has 2 aromatic rings. The van der Waals surface area contributed by atoms with Gasteiger partial charge in [0, 0.05) is 11.4 Å². The normalized spacial score (nSPS) is 13.4. The first-order chi connectivity index (χ1) is 17.5. The molecule has 1 atom stereocenters. The second kappa shape index (κ2) is 12.1. The Bertz CT molecular complexity index is 1180. The zero-order valence-corrected chi connectivity index (χ0v) is 22.6. The van der Waals surface area contributed by atoms with Crippen LogP contribution in [0.2, 0.25) is 5.02 Å². The number of hydrogen-bond donors (Lipinski definition) is 1. The summed E-state index contributed by atoms with van der Waals surface area (Å²) in [5.41, 5.74) is -3.02. The maximum atomic E-state index is 12.9. The molecule has 0 aromatic heterocycles. The smallest absolute Gasteiger partial charge is 0.418 e. The quantitative estimate of drug-likeness (QED) is 0.343. The molecule has 0 spiro atoms. The summed E-state index contributed by atoms with van der Waals surface area (Å²) in [5, 5.41) is 10.2. The minimum absolute atomic E-state index is 0.0105. The van der Waals surface area contributed by atoms with E-state index in [1.165, 1.54) is 38.1 Å². The number of aliphatic carboxylic acids is 1. The Balaban J connectivity index is 2.17. The van der Waals surface area contributed by atoms with Crippen molar-refractivity contribution in [2.24, 2.45) is 0 Å². The van der Waals surface area contributed by atoms with Gasteiger partial charge in [0.1, 0.15) is 22.6 Å². The van der Waals surface area contributed by atoms with Gasteiger partial charge in [-0.3, -0.25) is 4.79 Å². The molecular weight excluding hydrogens is 527 g/mol. The Morgan fingerprint density at radius 3 is 2.16 bits per heavy atom. The number of halogens is 4. The number of carbonyl (C=O) groups excluding carboxylic acids is 2. The summed E-state index contributed by atoms with van der Waals surface area (Å²) in [6, 6.07) is 9.03. The van der Waals surface area contributed by atoms with Crippen LogP contribution in [0.4, 0.5) is 18.0 Å². The number of nitrogens with zero attached hydrogens (tertiary/aromatic N) is 1. The highest BCUT2D eigenvalue weighted by atomic mass is 35.5. The summed E-state index contributed by atoms with van der Waals surface area (Å²) in [4.78, 5) is 38.3. The van der Waals surface area contributed by atoms with Crippen LogP contribution in [0.15, 0.2) is 42.5 Å². The molecule has 208 valence electrons. The van der Waals surface area contributed by atoms with Crippen molar-refractivity contribution >= 4 is 29.6 Å².